The molecule has 1 saturated heterocycles. The summed E-state index contributed by atoms with van der Waals surface area (Å²) in [6.07, 6.45) is 3.49. The van der Waals surface area contributed by atoms with Crippen molar-refractivity contribution >= 4 is 15.9 Å². The number of nitrogens with zero attached hydrogens (tertiary/aromatic N) is 1. The summed E-state index contributed by atoms with van der Waals surface area (Å²) in [5.74, 6) is 0.393. The molecule has 112 valence electrons. The number of piperidine rings is 1. The van der Waals surface area contributed by atoms with Gasteiger partial charge in [-0.25, -0.2) is 4.39 Å². The number of rotatable bonds is 5. The fourth-order valence-electron chi connectivity index (χ4n) is 3.36. The lowest BCUT2D eigenvalue weighted by Gasteiger charge is -2.42. The molecule has 20 heavy (non-hydrogen) atoms. The van der Waals surface area contributed by atoms with Crippen LogP contribution in [0.25, 0.3) is 0 Å². The van der Waals surface area contributed by atoms with Crippen LogP contribution in [0.2, 0.25) is 0 Å². The van der Waals surface area contributed by atoms with Gasteiger partial charge in [-0.05, 0) is 64.0 Å². The zero-order chi connectivity index (χ0) is 14.5. The lowest BCUT2D eigenvalue weighted by atomic mass is 9.84. The van der Waals surface area contributed by atoms with Gasteiger partial charge < -0.3 is 5.32 Å². The van der Waals surface area contributed by atoms with E-state index in [4.69, 9.17) is 0 Å². The molecular weight excluding hydrogens is 319 g/mol. The van der Waals surface area contributed by atoms with Gasteiger partial charge in [-0.1, -0.05) is 28.9 Å². The lowest BCUT2D eigenvalue weighted by molar-refractivity contribution is 0.0897. The average molecular weight is 343 g/mol. The second-order valence-electron chi connectivity index (χ2n) is 5.61. The van der Waals surface area contributed by atoms with Crippen molar-refractivity contribution in [3.63, 3.8) is 0 Å². The highest BCUT2D eigenvalue weighted by molar-refractivity contribution is 9.10. The molecule has 0 amide bonds. The molecule has 1 aromatic carbocycles. The van der Waals surface area contributed by atoms with Gasteiger partial charge in [-0.3, -0.25) is 4.90 Å². The van der Waals surface area contributed by atoms with Crippen molar-refractivity contribution in [2.75, 3.05) is 26.7 Å². The molecule has 0 spiro atoms. The zero-order valence-electron chi connectivity index (χ0n) is 12.3. The maximum Gasteiger partial charge on any atom is 0.129 e. The molecule has 2 unspecified atom stereocenters. The Balaban J connectivity index is 2.32. The summed E-state index contributed by atoms with van der Waals surface area (Å²) < 4.78 is 15.2. The molecular formula is C16H24BrFN2. The SMILES string of the molecule is CCCN1CCCC(CNC)C1c1ccc(Br)cc1F. The van der Waals surface area contributed by atoms with Gasteiger partial charge in [0, 0.05) is 16.1 Å². The van der Waals surface area contributed by atoms with Crippen molar-refractivity contribution in [3.05, 3.63) is 34.1 Å². The molecule has 1 fully saturated rings. The van der Waals surface area contributed by atoms with Crippen LogP contribution < -0.4 is 5.32 Å². The summed E-state index contributed by atoms with van der Waals surface area (Å²) in [5, 5.41) is 3.27. The lowest BCUT2D eigenvalue weighted by Crippen LogP contribution is -2.42. The molecule has 2 rings (SSSR count). The minimum atomic E-state index is -0.0894. The quantitative estimate of drug-likeness (QED) is 0.870. The van der Waals surface area contributed by atoms with E-state index in [0.29, 0.717) is 5.92 Å². The Hall–Kier alpha value is -0.450. The van der Waals surface area contributed by atoms with Gasteiger partial charge in [-0.2, -0.15) is 0 Å². The van der Waals surface area contributed by atoms with Crippen molar-refractivity contribution in [3.8, 4) is 0 Å². The van der Waals surface area contributed by atoms with Crippen molar-refractivity contribution < 1.29 is 4.39 Å². The third kappa shape index (κ3) is 3.60. The first-order valence-electron chi connectivity index (χ1n) is 7.51. The van der Waals surface area contributed by atoms with E-state index < -0.39 is 0 Å². The average Bonchev–Trinajstić information content (AvgIpc) is 2.41. The van der Waals surface area contributed by atoms with E-state index in [2.05, 4.69) is 33.1 Å². The number of hydrogen-bond acceptors (Lipinski definition) is 2. The van der Waals surface area contributed by atoms with Crippen LogP contribution in [-0.2, 0) is 0 Å². The molecule has 0 aliphatic carbocycles. The Morgan fingerprint density at radius 2 is 2.25 bits per heavy atom. The van der Waals surface area contributed by atoms with Crippen LogP contribution in [-0.4, -0.2) is 31.6 Å². The summed E-state index contributed by atoms with van der Waals surface area (Å²) in [4.78, 5) is 2.46. The highest BCUT2D eigenvalue weighted by Gasteiger charge is 2.33. The third-order valence-electron chi connectivity index (χ3n) is 4.12. The Morgan fingerprint density at radius 1 is 1.45 bits per heavy atom. The van der Waals surface area contributed by atoms with Gasteiger partial charge in [0.25, 0.3) is 0 Å². The maximum absolute atomic E-state index is 14.4. The van der Waals surface area contributed by atoms with Crippen LogP contribution in [0.15, 0.2) is 22.7 Å². The Bertz CT molecular complexity index is 420. The maximum atomic E-state index is 14.4. The zero-order valence-corrected chi connectivity index (χ0v) is 13.9. The predicted octanol–water partition coefficient (Wildman–Crippen LogP) is 3.97. The van der Waals surface area contributed by atoms with Gasteiger partial charge in [-0.15, -0.1) is 0 Å². The molecule has 1 N–H and O–H groups in total. The van der Waals surface area contributed by atoms with Crippen LogP contribution in [0.5, 0.6) is 0 Å². The fourth-order valence-corrected chi connectivity index (χ4v) is 3.69. The van der Waals surface area contributed by atoms with E-state index in [1.54, 1.807) is 6.07 Å². The first kappa shape index (κ1) is 15.9. The Kier molecular flexibility index (Phi) is 6.00. The van der Waals surface area contributed by atoms with E-state index in [1.165, 1.54) is 12.8 Å². The van der Waals surface area contributed by atoms with Gasteiger partial charge in [0.15, 0.2) is 0 Å². The monoisotopic (exact) mass is 342 g/mol. The molecule has 0 aromatic heterocycles. The van der Waals surface area contributed by atoms with E-state index >= 15 is 0 Å². The standard InChI is InChI=1S/C16H24BrFN2/c1-3-8-20-9-4-5-12(11-19-2)16(20)14-7-6-13(17)10-15(14)18/h6-7,10,12,16,19H,3-5,8-9,11H2,1-2H3. The smallest absolute Gasteiger partial charge is 0.129 e. The van der Waals surface area contributed by atoms with Crippen molar-refractivity contribution in [2.45, 2.75) is 32.2 Å². The molecule has 2 atom stereocenters. The van der Waals surface area contributed by atoms with Crippen LogP contribution in [0.1, 0.15) is 37.8 Å². The van der Waals surface area contributed by atoms with Crippen molar-refractivity contribution in [2.24, 2.45) is 5.92 Å². The number of nitrogens with one attached hydrogen (secondary N) is 1. The summed E-state index contributed by atoms with van der Waals surface area (Å²) in [7, 11) is 1.98. The summed E-state index contributed by atoms with van der Waals surface area (Å²) in [6.45, 7) is 5.26. The first-order chi connectivity index (χ1) is 9.67. The van der Waals surface area contributed by atoms with Crippen LogP contribution in [0, 0.1) is 11.7 Å². The number of hydrogen-bond donors (Lipinski definition) is 1. The first-order valence-corrected chi connectivity index (χ1v) is 8.30. The Labute approximate surface area is 129 Å². The molecule has 0 radical (unpaired) electrons. The van der Waals surface area contributed by atoms with Gasteiger partial charge >= 0.3 is 0 Å². The fraction of sp³-hybridized carbons (Fsp3) is 0.625. The Morgan fingerprint density at radius 3 is 2.90 bits per heavy atom. The van der Waals surface area contributed by atoms with Crippen molar-refractivity contribution in [1.82, 2.24) is 10.2 Å². The van der Waals surface area contributed by atoms with Gasteiger partial charge in [0.05, 0.1) is 0 Å². The second-order valence-corrected chi connectivity index (χ2v) is 6.52. The number of benzene rings is 1. The summed E-state index contributed by atoms with van der Waals surface area (Å²) in [6, 6.07) is 5.68. The van der Waals surface area contributed by atoms with Crippen LogP contribution >= 0.6 is 15.9 Å². The molecule has 1 aromatic rings. The van der Waals surface area contributed by atoms with E-state index in [1.807, 2.05) is 19.2 Å². The van der Waals surface area contributed by atoms with Crippen LogP contribution in [0.3, 0.4) is 0 Å². The molecule has 1 heterocycles. The summed E-state index contributed by atoms with van der Waals surface area (Å²) in [5.41, 5.74) is 0.849. The topological polar surface area (TPSA) is 15.3 Å². The molecule has 2 nitrogen and oxygen atoms in total. The minimum absolute atomic E-state index is 0.0894. The molecule has 0 bridgehead atoms. The molecule has 1 aliphatic rings. The van der Waals surface area contributed by atoms with Gasteiger partial charge in [0.2, 0.25) is 0 Å². The van der Waals surface area contributed by atoms with Crippen LogP contribution in [0.4, 0.5) is 4.39 Å². The third-order valence-corrected chi connectivity index (χ3v) is 4.61. The highest BCUT2D eigenvalue weighted by Crippen LogP contribution is 2.37. The molecule has 0 saturated carbocycles. The largest absolute Gasteiger partial charge is 0.319 e. The van der Waals surface area contributed by atoms with E-state index in [-0.39, 0.29) is 11.9 Å². The predicted molar refractivity (Wildman–Crippen MR) is 85.4 cm³/mol. The molecule has 4 heteroatoms. The summed E-state index contributed by atoms with van der Waals surface area (Å²) >= 11 is 3.35. The van der Waals surface area contributed by atoms with E-state index in [9.17, 15) is 4.39 Å². The minimum Gasteiger partial charge on any atom is -0.319 e. The van der Waals surface area contributed by atoms with Gasteiger partial charge in [0.1, 0.15) is 5.82 Å². The number of likely N-dealkylation sites (tertiary alicyclic amines) is 1. The normalized spacial score (nSPS) is 24.0. The van der Waals surface area contributed by atoms with E-state index in [0.717, 1.165) is 36.1 Å². The molecule has 1 aliphatic heterocycles. The highest BCUT2D eigenvalue weighted by atomic mass is 79.9. The number of halogens is 2. The van der Waals surface area contributed by atoms with Crippen molar-refractivity contribution in [1.29, 1.82) is 0 Å². The second kappa shape index (κ2) is 7.53.